The summed E-state index contributed by atoms with van der Waals surface area (Å²) in [6.07, 6.45) is -0.556. The molecule has 1 aliphatic rings. The molecule has 0 saturated heterocycles. The number of nitrogens with zero attached hydrogens (tertiary/aromatic N) is 2. The Balaban J connectivity index is 1.86. The van der Waals surface area contributed by atoms with Gasteiger partial charge in [-0.05, 0) is 67.0 Å². The molecular weight excluding hydrogens is 470 g/mol. The molecule has 0 bridgehead atoms. The highest BCUT2D eigenvalue weighted by molar-refractivity contribution is 14.1. The van der Waals surface area contributed by atoms with Crippen LogP contribution in [0.3, 0.4) is 0 Å². The second-order valence-corrected chi connectivity index (χ2v) is 7.61. The maximum absolute atomic E-state index is 12.8. The molecule has 2 aromatic rings. The van der Waals surface area contributed by atoms with Gasteiger partial charge in [0.2, 0.25) is 0 Å². The third kappa shape index (κ3) is 3.38. The molecule has 1 N–H and O–H groups in total. The highest BCUT2D eigenvalue weighted by Gasteiger charge is 2.47. The third-order valence-corrected chi connectivity index (χ3v) is 5.80. The molecule has 1 aromatic carbocycles. The minimum absolute atomic E-state index is 0.149. The first-order valence-electron chi connectivity index (χ1n) is 7.54. The Labute approximate surface area is 160 Å². The predicted molar refractivity (Wildman–Crippen MR) is 96.6 cm³/mol. The van der Waals surface area contributed by atoms with Gasteiger partial charge in [0, 0.05) is 6.20 Å². The number of hydrogen-bond acceptors (Lipinski definition) is 2. The molecule has 1 aromatic heterocycles. The van der Waals surface area contributed by atoms with Crippen molar-refractivity contribution in [3.63, 3.8) is 0 Å². The van der Waals surface area contributed by atoms with Gasteiger partial charge in [-0.3, -0.25) is 9.48 Å². The number of benzene rings is 1. The lowest BCUT2D eigenvalue weighted by atomic mass is 9.76. The van der Waals surface area contributed by atoms with E-state index in [-0.39, 0.29) is 16.6 Å². The van der Waals surface area contributed by atoms with Gasteiger partial charge >= 0.3 is 6.18 Å². The van der Waals surface area contributed by atoms with E-state index in [2.05, 4.69) is 33.0 Å². The third-order valence-electron chi connectivity index (χ3n) is 4.43. The molecule has 0 radical (unpaired) electrons. The molecule has 0 aliphatic heterocycles. The van der Waals surface area contributed by atoms with Gasteiger partial charge in [0.05, 0.1) is 25.5 Å². The van der Waals surface area contributed by atoms with Crippen molar-refractivity contribution in [1.29, 1.82) is 0 Å². The Morgan fingerprint density at radius 2 is 2.08 bits per heavy atom. The predicted octanol–water partition coefficient (Wildman–Crippen LogP) is 4.99. The zero-order valence-corrected chi connectivity index (χ0v) is 16.0. The van der Waals surface area contributed by atoms with Crippen molar-refractivity contribution in [3.05, 3.63) is 44.2 Å². The number of alkyl halides is 3. The molecule has 1 heterocycles. The van der Waals surface area contributed by atoms with Crippen molar-refractivity contribution in [2.45, 2.75) is 37.9 Å². The van der Waals surface area contributed by atoms with Crippen LogP contribution in [0.2, 0.25) is 5.02 Å². The van der Waals surface area contributed by atoms with Crippen molar-refractivity contribution >= 4 is 45.8 Å². The Morgan fingerprint density at radius 3 is 2.52 bits per heavy atom. The van der Waals surface area contributed by atoms with Gasteiger partial charge in [0.1, 0.15) is 5.54 Å². The molecule has 0 atom stereocenters. The first kappa shape index (κ1) is 18.5. The summed E-state index contributed by atoms with van der Waals surface area (Å²) in [6.45, 7) is 1.86. The number of aromatic nitrogens is 2. The standard InChI is InChI=1S/C16H14ClF3IN3O/c1-9-12(21)8-24(23-9)15(5-2-6-15)14(25)22-13-4-3-10(7-11(13)17)16(18,19)20/h3-4,7-8H,2,5-6H2,1H3,(H,22,25). The molecule has 1 saturated carbocycles. The number of carbonyl (C=O) groups excluding carboxylic acids is 1. The quantitative estimate of drug-likeness (QED) is 0.626. The van der Waals surface area contributed by atoms with Gasteiger partial charge in [0.15, 0.2) is 0 Å². The molecule has 1 fully saturated rings. The average Bonchev–Trinajstić information content (AvgIpc) is 2.78. The molecule has 25 heavy (non-hydrogen) atoms. The van der Waals surface area contributed by atoms with Crippen LogP contribution in [-0.2, 0) is 16.5 Å². The van der Waals surface area contributed by atoms with Crippen LogP contribution in [0.15, 0.2) is 24.4 Å². The van der Waals surface area contributed by atoms with Gasteiger partial charge in [-0.15, -0.1) is 0 Å². The SMILES string of the molecule is Cc1nn(C2(C(=O)Nc3ccc(C(F)(F)F)cc3Cl)CCC2)cc1I. The number of aryl methyl sites for hydroxylation is 1. The number of rotatable bonds is 3. The number of carbonyl (C=O) groups is 1. The largest absolute Gasteiger partial charge is 0.416 e. The Hall–Kier alpha value is -1.29. The number of halogens is 5. The number of amides is 1. The summed E-state index contributed by atoms with van der Waals surface area (Å²) in [4.78, 5) is 12.8. The lowest BCUT2D eigenvalue weighted by Gasteiger charge is -2.40. The summed E-state index contributed by atoms with van der Waals surface area (Å²) in [6, 6.07) is 2.88. The monoisotopic (exact) mass is 483 g/mol. The maximum Gasteiger partial charge on any atom is 0.416 e. The van der Waals surface area contributed by atoms with Crippen molar-refractivity contribution < 1.29 is 18.0 Å². The van der Waals surface area contributed by atoms with Crippen LogP contribution in [-0.4, -0.2) is 15.7 Å². The summed E-state index contributed by atoms with van der Waals surface area (Å²) < 4.78 is 40.8. The topological polar surface area (TPSA) is 46.9 Å². The number of nitrogens with one attached hydrogen (secondary N) is 1. The first-order chi connectivity index (χ1) is 11.6. The van der Waals surface area contributed by atoms with Gasteiger partial charge in [-0.1, -0.05) is 11.6 Å². The van der Waals surface area contributed by atoms with Crippen molar-refractivity contribution in [1.82, 2.24) is 9.78 Å². The molecule has 4 nitrogen and oxygen atoms in total. The Morgan fingerprint density at radius 1 is 1.40 bits per heavy atom. The normalized spacial score (nSPS) is 16.4. The Kier molecular flexibility index (Phi) is 4.78. The second kappa shape index (κ2) is 6.46. The zero-order valence-electron chi connectivity index (χ0n) is 13.1. The van der Waals surface area contributed by atoms with E-state index in [9.17, 15) is 18.0 Å². The highest BCUT2D eigenvalue weighted by Crippen LogP contribution is 2.41. The smallest absolute Gasteiger partial charge is 0.323 e. The fourth-order valence-corrected chi connectivity index (χ4v) is 3.36. The molecule has 1 aliphatic carbocycles. The van der Waals surface area contributed by atoms with Gasteiger partial charge in [-0.2, -0.15) is 18.3 Å². The zero-order chi connectivity index (χ0) is 18.4. The van der Waals surface area contributed by atoms with E-state index < -0.39 is 17.3 Å². The second-order valence-electron chi connectivity index (χ2n) is 6.04. The van der Waals surface area contributed by atoms with Crippen molar-refractivity contribution in [2.24, 2.45) is 0 Å². The van der Waals surface area contributed by atoms with Crippen LogP contribution in [0.25, 0.3) is 0 Å². The minimum Gasteiger partial charge on any atom is -0.323 e. The molecule has 3 rings (SSSR count). The van der Waals surface area contributed by atoms with Crippen LogP contribution in [0.5, 0.6) is 0 Å². The molecule has 9 heteroatoms. The summed E-state index contributed by atoms with van der Waals surface area (Å²) in [5.41, 5.74) is -0.692. The van der Waals surface area contributed by atoms with E-state index >= 15 is 0 Å². The molecule has 0 spiro atoms. The van der Waals surface area contributed by atoms with Gasteiger partial charge in [-0.25, -0.2) is 0 Å². The lowest BCUT2D eigenvalue weighted by Crippen LogP contribution is -2.51. The average molecular weight is 484 g/mol. The van der Waals surface area contributed by atoms with Crippen LogP contribution >= 0.6 is 34.2 Å². The molecule has 0 unspecified atom stereocenters. The number of hydrogen-bond donors (Lipinski definition) is 1. The fourth-order valence-electron chi connectivity index (χ4n) is 2.76. The summed E-state index contributed by atoms with van der Waals surface area (Å²) >= 11 is 8.07. The first-order valence-corrected chi connectivity index (χ1v) is 8.99. The molecule has 1 amide bonds. The lowest BCUT2D eigenvalue weighted by molar-refractivity contribution is -0.137. The van der Waals surface area contributed by atoms with Crippen molar-refractivity contribution in [3.8, 4) is 0 Å². The Bertz CT molecular complexity index is 811. The fraction of sp³-hybridized carbons (Fsp3) is 0.375. The number of anilines is 1. The summed E-state index contributed by atoms with van der Waals surface area (Å²) in [5, 5.41) is 6.91. The molecular formula is C16H14ClF3IN3O. The van der Waals surface area contributed by atoms with E-state index in [1.54, 1.807) is 4.68 Å². The van der Waals surface area contributed by atoms with E-state index in [1.165, 1.54) is 6.07 Å². The van der Waals surface area contributed by atoms with E-state index in [0.29, 0.717) is 12.8 Å². The molecule has 134 valence electrons. The van der Waals surface area contributed by atoms with E-state index in [4.69, 9.17) is 11.6 Å². The van der Waals surface area contributed by atoms with Crippen LogP contribution in [0, 0.1) is 10.5 Å². The van der Waals surface area contributed by atoms with Crippen LogP contribution in [0.4, 0.5) is 18.9 Å². The maximum atomic E-state index is 12.8. The van der Waals surface area contributed by atoms with E-state index in [1.807, 2.05) is 13.1 Å². The van der Waals surface area contributed by atoms with Gasteiger partial charge < -0.3 is 5.32 Å². The summed E-state index contributed by atoms with van der Waals surface area (Å²) in [5.74, 6) is -0.320. The van der Waals surface area contributed by atoms with Crippen molar-refractivity contribution in [2.75, 3.05) is 5.32 Å². The van der Waals surface area contributed by atoms with E-state index in [0.717, 1.165) is 27.8 Å². The minimum atomic E-state index is -4.48. The van der Waals surface area contributed by atoms with Gasteiger partial charge in [0.25, 0.3) is 5.91 Å². The highest BCUT2D eigenvalue weighted by atomic mass is 127. The van der Waals surface area contributed by atoms with Crippen LogP contribution < -0.4 is 5.32 Å². The summed E-state index contributed by atoms with van der Waals surface area (Å²) in [7, 11) is 0. The van der Waals surface area contributed by atoms with Crippen LogP contribution in [0.1, 0.15) is 30.5 Å².